The summed E-state index contributed by atoms with van der Waals surface area (Å²) in [6.07, 6.45) is 2.74. The molecule has 0 unspecified atom stereocenters. The minimum atomic E-state index is 0.579. The van der Waals surface area contributed by atoms with E-state index in [9.17, 15) is 0 Å². The highest BCUT2D eigenvalue weighted by Crippen LogP contribution is 2.40. The number of anilines is 1. The average molecular weight is 265 g/mol. The van der Waals surface area contributed by atoms with Gasteiger partial charge in [0.1, 0.15) is 0 Å². The lowest BCUT2D eigenvalue weighted by atomic mass is 10.0. The summed E-state index contributed by atoms with van der Waals surface area (Å²) in [6.45, 7) is 5.37. The Balaban J connectivity index is 1.66. The third-order valence-corrected chi connectivity index (χ3v) is 4.05. The van der Waals surface area contributed by atoms with Crippen molar-refractivity contribution in [2.24, 2.45) is 0 Å². The third kappa shape index (κ3) is 3.22. The fraction of sp³-hybridized carbons (Fsp3) is 0.368. The zero-order valence-electron chi connectivity index (χ0n) is 12.4. The Morgan fingerprint density at radius 2 is 1.85 bits per heavy atom. The molecule has 1 N–H and O–H groups in total. The molecule has 1 fully saturated rings. The van der Waals surface area contributed by atoms with Gasteiger partial charge >= 0.3 is 0 Å². The molecule has 3 rings (SSSR count). The summed E-state index contributed by atoms with van der Waals surface area (Å²) in [5.74, 6) is 1.41. The van der Waals surface area contributed by atoms with Crippen LogP contribution in [0.25, 0.3) is 0 Å². The van der Waals surface area contributed by atoms with Crippen molar-refractivity contribution in [2.75, 3.05) is 5.32 Å². The van der Waals surface area contributed by atoms with E-state index < -0.39 is 0 Å². The van der Waals surface area contributed by atoms with Gasteiger partial charge in [0.15, 0.2) is 0 Å². The highest BCUT2D eigenvalue weighted by Gasteiger charge is 2.23. The van der Waals surface area contributed by atoms with Gasteiger partial charge in [-0.05, 0) is 53.5 Å². The zero-order valence-corrected chi connectivity index (χ0v) is 12.4. The molecule has 1 heteroatoms. The Labute approximate surface area is 122 Å². The summed E-state index contributed by atoms with van der Waals surface area (Å²) in [4.78, 5) is 0. The van der Waals surface area contributed by atoms with Gasteiger partial charge in [0.05, 0.1) is 0 Å². The molecule has 0 atom stereocenters. The monoisotopic (exact) mass is 265 g/mol. The third-order valence-electron chi connectivity index (χ3n) is 4.05. The molecule has 0 saturated heterocycles. The van der Waals surface area contributed by atoms with Crippen LogP contribution in [0.15, 0.2) is 48.5 Å². The summed E-state index contributed by atoms with van der Waals surface area (Å²) >= 11 is 0. The van der Waals surface area contributed by atoms with Crippen LogP contribution in [0.4, 0.5) is 5.69 Å². The van der Waals surface area contributed by atoms with Crippen LogP contribution < -0.4 is 5.32 Å². The Hall–Kier alpha value is -1.76. The van der Waals surface area contributed by atoms with Crippen LogP contribution in [0.1, 0.15) is 55.2 Å². The van der Waals surface area contributed by atoms with Gasteiger partial charge in [0, 0.05) is 12.2 Å². The molecular formula is C19H23N. The van der Waals surface area contributed by atoms with Crippen LogP contribution in [-0.4, -0.2) is 0 Å². The topological polar surface area (TPSA) is 12.0 Å². The number of benzene rings is 2. The molecule has 2 aromatic rings. The van der Waals surface area contributed by atoms with Crippen molar-refractivity contribution in [2.45, 2.75) is 45.1 Å². The molecule has 1 aliphatic rings. The second-order valence-electron chi connectivity index (χ2n) is 6.15. The zero-order chi connectivity index (χ0) is 13.9. The standard InChI is InChI=1S/C19H23N/c1-14(2)17-6-4-8-19(12-17)20-13-15-5-3-7-18(11-15)16-9-10-16/h3-8,11-12,14,16,20H,9-10,13H2,1-2H3. The minimum Gasteiger partial charge on any atom is -0.381 e. The van der Waals surface area contributed by atoms with Crippen molar-refractivity contribution >= 4 is 5.69 Å². The van der Waals surface area contributed by atoms with Gasteiger partial charge in [0.25, 0.3) is 0 Å². The Kier molecular flexibility index (Phi) is 3.77. The van der Waals surface area contributed by atoms with E-state index in [0.717, 1.165) is 12.5 Å². The molecule has 1 aliphatic carbocycles. The first-order chi connectivity index (χ1) is 9.72. The van der Waals surface area contributed by atoms with Crippen molar-refractivity contribution in [3.63, 3.8) is 0 Å². The summed E-state index contributed by atoms with van der Waals surface area (Å²) in [5.41, 5.74) is 5.50. The second-order valence-corrected chi connectivity index (χ2v) is 6.15. The van der Waals surface area contributed by atoms with Gasteiger partial charge in [-0.1, -0.05) is 50.2 Å². The number of hydrogen-bond acceptors (Lipinski definition) is 1. The predicted octanol–water partition coefficient (Wildman–Crippen LogP) is 5.30. The van der Waals surface area contributed by atoms with E-state index in [4.69, 9.17) is 0 Å². The average Bonchev–Trinajstić information content (AvgIpc) is 3.30. The van der Waals surface area contributed by atoms with Crippen LogP contribution >= 0.6 is 0 Å². The van der Waals surface area contributed by atoms with E-state index in [1.807, 2.05) is 0 Å². The molecule has 0 spiro atoms. The first-order valence-electron chi connectivity index (χ1n) is 7.65. The van der Waals surface area contributed by atoms with Crippen LogP contribution in [0.2, 0.25) is 0 Å². The molecule has 104 valence electrons. The largest absolute Gasteiger partial charge is 0.381 e. The summed E-state index contributed by atoms with van der Waals surface area (Å²) < 4.78 is 0. The molecule has 1 saturated carbocycles. The highest BCUT2D eigenvalue weighted by atomic mass is 14.9. The van der Waals surface area contributed by atoms with Gasteiger partial charge in [-0.3, -0.25) is 0 Å². The predicted molar refractivity (Wildman–Crippen MR) is 86.3 cm³/mol. The molecule has 0 bridgehead atoms. The first kappa shape index (κ1) is 13.2. The molecule has 0 radical (unpaired) electrons. The summed E-state index contributed by atoms with van der Waals surface area (Å²) in [5, 5.41) is 3.54. The maximum atomic E-state index is 3.54. The highest BCUT2D eigenvalue weighted by molar-refractivity contribution is 5.47. The Morgan fingerprint density at radius 1 is 1.05 bits per heavy atom. The van der Waals surface area contributed by atoms with Gasteiger partial charge in [-0.25, -0.2) is 0 Å². The van der Waals surface area contributed by atoms with Gasteiger partial charge in [-0.15, -0.1) is 0 Å². The molecule has 0 aromatic heterocycles. The van der Waals surface area contributed by atoms with Crippen molar-refractivity contribution in [1.29, 1.82) is 0 Å². The molecule has 0 heterocycles. The SMILES string of the molecule is CC(C)c1cccc(NCc2cccc(C3CC3)c2)c1. The number of nitrogens with one attached hydrogen (secondary N) is 1. The van der Waals surface area contributed by atoms with E-state index in [0.29, 0.717) is 5.92 Å². The normalized spacial score (nSPS) is 14.6. The Morgan fingerprint density at radius 3 is 2.60 bits per heavy atom. The lowest BCUT2D eigenvalue weighted by molar-refractivity contribution is 0.866. The number of hydrogen-bond donors (Lipinski definition) is 1. The van der Waals surface area contributed by atoms with Crippen molar-refractivity contribution < 1.29 is 0 Å². The van der Waals surface area contributed by atoms with Gasteiger partial charge in [-0.2, -0.15) is 0 Å². The second kappa shape index (κ2) is 5.70. The lowest BCUT2D eigenvalue weighted by Gasteiger charge is -2.11. The maximum absolute atomic E-state index is 3.54. The maximum Gasteiger partial charge on any atom is 0.0400 e. The van der Waals surface area contributed by atoms with Crippen molar-refractivity contribution in [3.05, 3.63) is 65.2 Å². The van der Waals surface area contributed by atoms with Gasteiger partial charge < -0.3 is 5.32 Å². The van der Waals surface area contributed by atoms with Crippen LogP contribution in [-0.2, 0) is 6.54 Å². The van der Waals surface area contributed by atoms with E-state index >= 15 is 0 Å². The Bertz CT molecular complexity index is 536. The van der Waals surface area contributed by atoms with Crippen molar-refractivity contribution in [1.82, 2.24) is 0 Å². The number of rotatable bonds is 5. The quantitative estimate of drug-likeness (QED) is 0.773. The summed E-state index contributed by atoms with van der Waals surface area (Å²) in [7, 11) is 0. The van der Waals surface area contributed by atoms with Gasteiger partial charge in [0.2, 0.25) is 0 Å². The van der Waals surface area contributed by atoms with E-state index in [1.165, 1.54) is 35.2 Å². The van der Waals surface area contributed by atoms with Crippen LogP contribution in [0.3, 0.4) is 0 Å². The molecule has 1 nitrogen and oxygen atoms in total. The molecule has 0 aliphatic heterocycles. The summed E-state index contributed by atoms with van der Waals surface area (Å²) in [6, 6.07) is 17.8. The van der Waals surface area contributed by atoms with Crippen LogP contribution in [0, 0.1) is 0 Å². The molecule has 20 heavy (non-hydrogen) atoms. The van der Waals surface area contributed by atoms with E-state index in [2.05, 4.69) is 67.7 Å². The molecule has 0 amide bonds. The van der Waals surface area contributed by atoms with Crippen molar-refractivity contribution in [3.8, 4) is 0 Å². The smallest absolute Gasteiger partial charge is 0.0400 e. The van der Waals surface area contributed by atoms with E-state index in [1.54, 1.807) is 0 Å². The first-order valence-corrected chi connectivity index (χ1v) is 7.65. The lowest BCUT2D eigenvalue weighted by Crippen LogP contribution is -2.00. The minimum absolute atomic E-state index is 0.579. The fourth-order valence-corrected chi connectivity index (χ4v) is 2.59. The van der Waals surface area contributed by atoms with Crippen LogP contribution in [0.5, 0.6) is 0 Å². The van der Waals surface area contributed by atoms with E-state index in [-0.39, 0.29) is 0 Å². The molecular weight excluding hydrogens is 242 g/mol. The fourth-order valence-electron chi connectivity index (χ4n) is 2.59. The molecule has 2 aromatic carbocycles.